The van der Waals surface area contributed by atoms with Gasteiger partial charge in [-0.05, 0) is 30.6 Å². The summed E-state index contributed by atoms with van der Waals surface area (Å²) in [5, 5.41) is 0. The molecule has 1 heteroatoms. The van der Waals surface area contributed by atoms with Crippen LogP contribution in [0.1, 0.15) is 12.8 Å². The summed E-state index contributed by atoms with van der Waals surface area (Å²) in [6, 6.07) is 0.247. The van der Waals surface area contributed by atoms with E-state index in [4.69, 9.17) is 5.73 Å². The van der Waals surface area contributed by atoms with Crippen LogP contribution >= 0.6 is 0 Å². The molecule has 0 aromatic heterocycles. The molecule has 0 saturated heterocycles. The summed E-state index contributed by atoms with van der Waals surface area (Å²) >= 11 is 0. The third-order valence-electron chi connectivity index (χ3n) is 3.10. The second-order valence-corrected chi connectivity index (χ2v) is 3.83. The summed E-state index contributed by atoms with van der Waals surface area (Å²) in [6.45, 7) is 11.5. The Morgan fingerprint density at radius 2 is 1.31 bits per heavy atom. The first-order chi connectivity index (χ1) is 6.22. The standard InChI is InChI=1S/C12H19N/c1-4-9-7-11(6-3)12(13)8-10(9)5-2/h4-6,9-12H,1-3,7-8,13H2. The summed E-state index contributed by atoms with van der Waals surface area (Å²) in [4.78, 5) is 0. The van der Waals surface area contributed by atoms with Gasteiger partial charge >= 0.3 is 0 Å². The predicted octanol–water partition coefficient (Wildman–Crippen LogP) is 2.51. The molecule has 2 N–H and O–H groups in total. The van der Waals surface area contributed by atoms with E-state index >= 15 is 0 Å². The molecule has 1 aliphatic rings. The van der Waals surface area contributed by atoms with Gasteiger partial charge in [-0.2, -0.15) is 0 Å². The Labute approximate surface area is 81.0 Å². The molecule has 0 radical (unpaired) electrons. The van der Waals surface area contributed by atoms with E-state index in [9.17, 15) is 0 Å². The summed E-state index contributed by atoms with van der Waals surface area (Å²) in [5.74, 6) is 1.48. The van der Waals surface area contributed by atoms with Crippen LogP contribution in [0.25, 0.3) is 0 Å². The first kappa shape index (κ1) is 10.3. The summed E-state index contributed by atoms with van der Waals surface area (Å²) < 4.78 is 0. The zero-order valence-electron chi connectivity index (χ0n) is 8.15. The maximum atomic E-state index is 6.02. The van der Waals surface area contributed by atoms with Crippen molar-refractivity contribution in [2.45, 2.75) is 18.9 Å². The normalized spacial score (nSPS) is 39.5. The molecule has 1 rings (SSSR count). The van der Waals surface area contributed by atoms with E-state index < -0.39 is 0 Å². The maximum Gasteiger partial charge on any atom is 0.0108 e. The minimum atomic E-state index is 0.247. The Bertz CT molecular complexity index is 207. The van der Waals surface area contributed by atoms with Crippen LogP contribution in [0.3, 0.4) is 0 Å². The number of hydrogen-bond donors (Lipinski definition) is 1. The Hall–Kier alpha value is -0.820. The van der Waals surface area contributed by atoms with Gasteiger partial charge < -0.3 is 5.73 Å². The molecular formula is C12H19N. The lowest BCUT2D eigenvalue weighted by atomic mass is 9.72. The third kappa shape index (κ3) is 2.10. The molecule has 0 aromatic rings. The van der Waals surface area contributed by atoms with E-state index in [1.165, 1.54) is 0 Å². The summed E-state index contributed by atoms with van der Waals surface area (Å²) in [5.41, 5.74) is 6.02. The molecule has 1 aliphatic carbocycles. The Morgan fingerprint density at radius 1 is 0.846 bits per heavy atom. The molecule has 0 spiro atoms. The van der Waals surface area contributed by atoms with Gasteiger partial charge in [-0.3, -0.25) is 0 Å². The molecule has 1 saturated carbocycles. The zero-order chi connectivity index (χ0) is 9.84. The fraction of sp³-hybridized carbons (Fsp3) is 0.500. The zero-order valence-corrected chi connectivity index (χ0v) is 8.15. The molecule has 0 heterocycles. The highest BCUT2D eigenvalue weighted by atomic mass is 14.7. The van der Waals surface area contributed by atoms with Crippen molar-refractivity contribution < 1.29 is 0 Å². The van der Waals surface area contributed by atoms with E-state index in [2.05, 4.69) is 19.7 Å². The van der Waals surface area contributed by atoms with Crippen molar-refractivity contribution in [3.8, 4) is 0 Å². The Balaban J connectivity index is 2.70. The molecule has 0 amide bonds. The second-order valence-electron chi connectivity index (χ2n) is 3.83. The van der Waals surface area contributed by atoms with Crippen molar-refractivity contribution in [2.75, 3.05) is 0 Å². The van der Waals surface area contributed by atoms with Gasteiger partial charge in [0.1, 0.15) is 0 Å². The fourth-order valence-electron chi connectivity index (χ4n) is 2.14. The van der Waals surface area contributed by atoms with Gasteiger partial charge in [0.15, 0.2) is 0 Å². The SMILES string of the molecule is C=CC1CC(C=C)C(C=C)CC1N. The van der Waals surface area contributed by atoms with Gasteiger partial charge in [0.2, 0.25) is 0 Å². The molecule has 0 bridgehead atoms. The minimum absolute atomic E-state index is 0.247. The lowest BCUT2D eigenvalue weighted by Gasteiger charge is -2.36. The molecule has 0 aromatic carbocycles. The van der Waals surface area contributed by atoms with Crippen molar-refractivity contribution >= 4 is 0 Å². The fourth-order valence-corrected chi connectivity index (χ4v) is 2.14. The monoisotopic (exact) mass is 177 g/mol. The van der Waals surface area contributed by atoms with Crippen molar-refractivity contribution in [3.05, 3.63) is 38.0 Å². The number of rotatable bonds is 3. The number of nitrogens with two attached hydrogens (primary N) is 1. The second kappa shape index (κ2) is 4.43. The van der Waals surface area contributed by atoms with Gasteiger partial charge in [0.05, 0.1) is 0 Å². The minimum Gasteiger partial charge on any atom is -0.327 e. The van der Waals surface area contributed by atoms with Crippen LogP contribution in [0.5, 0.6) is 0 Å². The van der Waals surface area contributed by atoms with E-state index in [1.54, 1.807) is 0 Å². The van der Waals surface area contributed by atoms with Crippen molar-refractivity contribution in [3.63, 3.8) is 0 Å². The highest BCUT2D eigenvalue weighted by Crippen LogP contribution is 2.34. The average molecular weight is 177 g/mol. The molecule has 4 atom stereocenters. The highest BCUT2D eigenvalue weighted by molar-refractivity contribution is 5.04. The molecule has 0 aliphatic heterocycles. The molecule has 1 nitrogen and oxygen atoms in total. The van der Waals surface area contributed by atoms with E-state index in [0.717, 1.165) is 12.8 Å². The molecule has 13 heavy (non-hydrogen) atoms. The van der Waals surface area contributed by atoms with Crippen LogP contribution in [0.2, 0.25) is 0 Å². The van der Waals surface area contributed by atoms with Gasteiger partial charge in [0, 0.05) is 6.04 Å². The number of hydrogen-bond acceptors (Lipinski definition) is 1. The van der Waals surface area contributed by atoms with Crippen LogP contribution in [0.4, 0.5) is 0 Å². The summed E-state index contributed by atoms with van der Waals surface area (Å²) in [6.07, 6.45) is 8.09. The third-order valence-corrected chi connectivity index (χ3v) is 3.10. The molecule has 4 unspecified atom stereocenters. The smallest absolute Gasteiger partial charge is 0.0108 e. The van der Waals surface area contributed by atoms with E-state index in [1.807, 2.05) is 18.2 Å². The van der Waals surface area contributed by atoms with Gasteiger partial charge in [0.25, 0.3) is 0 Å². The van der Waals surface area contributed by atoms with Gasteiger partial charge in [-0.15, -0.1) is 19.7 Å². The molecule has 1 fully saturated rings. The quantitative estimate of drug-likeness (QED) is 0.659. The first-order valence-corrected chi connectivity index (χ1v) is 4.86. The molecule has 72 valence electrons. The van der Waals surface area contributed by atoms with Crippen molar-refractivity contribution in [2.24, 2.45) is 23.5 Å². The topological polar surface area (TPSA) is 26.0 Å². The van der Waals surface area contributed by atoms with E-state index in [0.29, 0.717) is 17.8 Å². The Kier molecular flexibility index (Phi) is 3.49. The first-order valence-electron chi connectivity index (χ1n) is 4.86. The number of allylic oxidation sites excluding steroid dienone is 2. The highest BCUT2D eigenvalue weighted by Gasteiger charge is 2.30. The van der Waals surface area contributed by atoms with Crippen LogP contribution in [-0.2, 0) is 0 Å². The van der Waals surface area contributed by atoms with Crippen LogP contribution < -0.4 is 5.73 Å². The largest absolute Gasteiger partial charge is 0.327 e. The van der Waals surface area contributed by atoms with E-state index in [-0.39, 0.29) is 6.04 Å². The van der Waals surface area contributed by atoms with Crippen LogP contribution in [0, 0.1) is 17.8 Å². The average Bonchev–Trinajstić information content (AvgIpc) is 2.17. The lowest BCUT2D eigenvalue weighted by Crippen LogP contribution is -2.38. The van der Waals surface area contributed by atoms with Crippen molar-refractivity contribution in [1.82, 2.24) is 0 Å². The van der Waals surface area contributed by atoms with Crippen LogP contribution in [0.15, 0.2) is 38.0 Å². The van der Waals surface area contributed by atoms with Crippen molar-refractivity contribution in [1.29, 1.82) is 0 Å². The molecular weight excluding hydrogens is 158 g/mol. The maximum absolute atomic E-state index is 6.02. The Morgan fingerprint density at radius 3 is 1.77 bits per heavy atom. The lowest BCUT2D eigenvalue weighted by molar-refractivity contribution is 0.253. The summed E-state index contributed by atoms with van der Waals surface area (Å²) in [7, 11) is 0. The van der Waals surface area contributed by atoms with Gasteiger partial charge in [-0.1, -0.05) is 18.2 Å². The van der Waals surface area contributed by atoms with Crippen LogP contribution in [-0.4, -0.2) is 6.04 Å². The predicted molar refractivity (Wildman–Crippen MR) is 58.3 cm³/mol. The van der Waals surface area contributed by atoms with Gasteiger partial charge in [-0.25, -0.2) is 0 Å².